The second-order valence-electron chi connectivity index (χ2n) is 6.76. The van der Waals surface area contributed by atoms with E-state index in [1.165, 1.54) is 0 Å². The second kappa shape index (κ2) is 11.3. The van der Waals surface area contributed by atoms with Crippen LogP contribution >= 0.6 is 27.5 Å². The third kappa shape index (κ3) is 8.16. The molecule has 0 saturated heterocycles. The van der Waals surface area contributed by atoms with E-state index in [1.807, 2.05) is 13.0 Å². The number of carbonyl (C=O) groups excluding carboxylic acids is 3. The molecule has 0 unspecified atom stereocenters. The Morgan fingerprint density at radius 1 is 1.00 bits per heavy atom. The van der Waals surface area contributed by atoms with Crippen LogP contribution in [0.2, 0.25) is 5.02 Å². The van der Waals surface area contributed by atoms with Gasteiger partial charge in [-0.15, -0.1) is 0 Å². The quantitative estimate of drug-likeness (QED) is 0.424. The van der Waals surface area contributed by atoms with E-state index in [1.54, 1.807) is 12.1 Å². The average Bonchev–Trinajstić information content (AvgIpc) is 2.69. The molecule has 32 heavy (non-hydrogen) atoms. The maximum atomic E-state index is 12.8. The highest BCUT2D eigenvalue weighted by molar-refractivity contribution is 9.10. The SMILES string of the molecule is Cc1cc(Br)ccc1NC(=O)COC(=O)CCCC(=O)Nc1cc(C(F)(F)F)ccc1Cl. The van der Waals surface area contributed by atoms with Gasteiger partial charge in [-0.1, -0.05) is 27.5 Å². The van der Waals surface area contributed by atoms with E-state index in [4.69, 9.17) is 16.3 Å². The number of alkyl halides is 3. The lowest BCUT2D eigenvalue weighted by Crippen LogP contribution is -2.21. The normalized spacial score (nSPS) is 11.1. The minimum absolute atomic E-state index is 0.0437. The van der Waals surface area contributed by atoms with Crippen LogP contribution in [0.15, 0.2) is 40.9 Å². The molecule has 0 radical (unpaired) electrons. The Labute approximate surface area is 195 Å². The van der Waals surface area contributed by atoms with Crippen molar-refractivity contribution in [2.45, 2.75) is 32.4 Å². The molecular weight excluding hydrogens is 517 g/mol. The topological polar surface area (TPSA) is 84.5 Å². The monoisotopic (exact) mass is 534 g/mol. The van der Waals surface area contributed by atoms with Crippen molar-refractivity contribution in [1.82, 2.24) is 0 Å². The fourth-order valence-corrected chi connectivity index (χ4v) is 3.22. The van der Waals surface area contributed by atoms with Crippen LogP contribution in [0.25, 0.3) is 0 Å². The third-order valence-electron chi connectivity index (χ3n) is 4.18. The molecule has 0 aliphatic heterocycles. The maximum absolute atomic E-state index is 12.8. The molecule has 11 heteroatoms. The van der Waals surface area contributed by atoms with Crippen molar-refractivity contribution >= 4 is 56.7 Å². The minimum Gasteiger partial charge on any atom is -0.456 e. The van der Waals surface area contributed by atoms with Crippen LogP contribution in [-0.4, -0.2) is 24.4 Å². The molecule has 0 bridgehead atoms. The van der Waals surface area contributed by atoms with Gasteiger partial charge < -0.3 is 15.4 Å². The van der Waals surface area contributed by atoms with Gasteiger partial charge in [-0.25, -0.2) is 0 Å². The number of halogens is 5. The summed E-state index contributed by atoms with van der Waals surface area (Å²) in [6, 6.07) is 7.86. The fourth-order valence-electron chi connectivity index (χ4n) is 2.58. The molecule has 0 aromatic heterocycles. The summed E-state index contributed by atoms with van der Waals surface area (Å²) in [5, 5.41) is 4.87. The molecule has 0 aliphatic carbocycles. The number of amides is 2. The molecule has 0 spiro atoms. The molecular formula is C21H19BrClF3N2O4. The lowest BCUT2D eigenvalue weighted by Gasteiger charge is -2.11. The summed E-state index contributed by atoms with van der Waals surface area (Å²) in [6.45, 7) is 1.32. The Hall–Kier alpha value is -2.59. The standard InChI is InChI=1S/C21H19BrClF3N2O4/c1-12-9-14(22)6-8-16(12)27-19(30)11-32-20(31)4-2-3-18(29)28-17-10-13(21(24,25)26)5-7-15(17)23/h5-10H,2-4,11H2,1H3,(H,27,30)(H,28,29). The molecule has 0 fully saturated rings. The Bertz CT molecular complexity index is 1020. The van der Waals surface area contributed by atoms with Gasteiger partial charge in [0.25, 0.3) is 5.91 Å². The van der Waals surface area contributed by atoms with Gasteiger partial charge in [0, 0.05) is 23.0 Å². The molecule has 2 amide bonds. The highest BCUT2D eigenvalue weighted by Gasteiger charge is 2.31. The number of hydrogen-bond acceptors (Lipinski definition) is 4. The first kappa shape index (κ1) is 25.7. The smallest absolute Gasteiger partial charge is 0.416 e. The predicted molar refractivity (Wildman–Crippen MR) is 117 cm³/mol. The molecule has 172 valence electrons. The molecule has 2 aromatic rings. The van der Waals surface area contributed by atoms with Crippen LogP contribution in [0.5, 0.6) is 0 Å². The Balaban J connectivity index is 1.73. The van der Waals surface area contributed by atoms with Gasteiger partial charge in [-0.3, -0.25) is 14.4 Å². The number of ether oxygens (including phenoxy) is 1. The molecule has 6 nitrogen and oxygen atoms in total. The van der Waals surface area contributed by atoms with E-state index in [0.717, 1.165) is 28.2 Å². The minimum atomic E-state index is -4.57. The maximum Gasteiger partial charge on any atom is 0.416 e. The van der Waals surface area contributed by atoms with E-state index < -0.39 is 36.1 Å². The third-order valence-corrected chi connectivity index (χ3v) is 5.00. The van der Waals surface area contributed by atoms with Crippen molar-refractivity contribution < 1.29 is 32.3 Å². The zero-order valence-electron chi connectivity index (χ0n) is 16.8. The summed E-state index contributed by atoms with van der Waals surface area (Å²) in [6.07, 6.45) is -4.79. The zero-order chi connectivity index (χ0) is 23.9. The summed E-state index contributed by atoms with van der Waals surface area (Å²) in [4.78, 5) is 35.6. The highest BCUT2D eigenvalue weighted by Crippen LogP contribution is 2.33. The molecule has 0 heterocycles. The van der Waals surface area contributed by atoms with E-state index in [2.05, 4.69) is 26.6 Å². The van der Waals surface area contributed by atoms with Gasteiger partial charge in [0.1, 0.15) is 0 Å². The van der Waals surface area contributed by atoms with Crippen LogP contribution in [0.3, 0.4) is 0 Å². The van der Waals surface area contributed by atoms with Crippen molar-refractivity contribution in [3.05, 3.63) is 57.0 Å². The van der Waals surface area contributed by atoms with Crippen molar-refractivity contribution in [2.75, 3.05) is 17.2 Å². The number of carbonyl (C=O) groups is 3. The van der Waals surface area contributed by atoms with Crippen molar-refractivity contribution in [2.24, 2.45) is 0 Å². The van der Waals surface area contributed by atoms with Gasteiger partial charge in [-0.05, 0) is 55.3 Å². The number of nitrogens with one attached hydrogen (secondary N) is 2. The number of anilines is 2. The molecule has 0 atom stereocenters. The van der Waals surface area contributed by atoms with E-state index in [-0.39, 0.29) is 30.0 Å². The predicted octanol–water partition coefficient (Wildman–Crippen LogP) is 5.72. The van der Waals surface area contributed by atoms with Crippen molar-refractivity contribution in [3.8, 4) is 0 Å². The van der Waals surface area contributed by atoms with E-state index in [9.17, 15) is 27.6 Å². The van der Waals surface area contributed by atoms with Crippen LogP contribution in [0.1, 0.15) is 30.4 Å². The Kier molecular flexibility index (Phi) is 9.09. The van der Waals surface area contributed by atoms with Gasteiger partial charge in [0.2, 0.25) is 5.91 Å². The van der Waals surface area contributed by atoms with Gasteiger partial charge >= 0.3 is 12.1 Å². The molecule has 0 saturated carbocycles. The highest BCUT2D eigenvalue weighted by atomic mass is 79.9. The summed E-state index contributed by atoms with van der Waals surface area (Å²) in [7, 11) is 0. The lowest BCUT2D eigenvalue weighted by molar-refractivity contribution is -0.147. The number of rotatable bonds is 8. The number of hydrogen-bond donors (Lipinski definition) is 2. The first-order valence-electron chi connectivity index (χ1n) is 9.34. The number of benzene rings is 2. The Morgan fingerprint density at radius 2 is 1.69 bits per heavy atom. The first-order chi connectivity index (χ1) is 15.0. The van der Waals surface area contributed by atoms with Crippen molar-refractivity contribution in [1.29, 1.82) is 0 Å². The number of aryl methyl sites for hydroxylation is 1. The Morgan fingerprint density at radius 3 is 2.34 bits per heavy atom. The zero-order valence-corrected chi connectivity index (χ0v) is 19.2. The lowest BCUT2D eigenvalue weighted by atomic mass is 10.2. The van der Waals surface area contributed by atoms with Crippen LogP contribution in [0, 0.1) is 6.92 Å². The molecule has 2 aromatic carbocycles. The van der Waals surface area contributed by atoms with Crippen molar-refractivity contribution in [3.63, 3.8) is 0 Å². The number of esters is 1. The van der Waals surface area contributed by atoms with Gasteiger partial charge in [0.15, 0.2) is 6.61 Å². The van der Waals surface area contributed by atoms with Crippen LogP contribution in [0.4, 0.5) is 24.5 Å². The van der Waals surface area contributed by atoms with E-state index in [0.29, 0.717) is 5.69 Å². The van der Waals surface area contributed by atoms with Crippen LogP contribution < -0.4 is 10.6 Å². The summed E-state index contributed by atoms with van der Waals surface area (Å²) < 4.78 is 44.1. The summed E-state index contributed by atoms with van der Waals surface area (Å²) in [5.41, 5.74) is 0.288. The molecule has 2 rings (SSSR count). The average molecular weight is 536 g/mol. The van der Waals surface area contributed by atoms with Crippen LogP contribution in [-0.2, 0) is 25.3 Å². The first-order valence-corrected chi connectivity index (χ1v) is 10.5. The fraction of sp³-hybridized carbons (Fsp3) is 0.286. The summed E-state index contributed by atoms with van der Waals surface area (Å²) >= 11 is 9.14. The largest absolute Gasteiger partial charge is 0.456 e. The summed E-state index contributed by atoms with van der Waals surface area (Å²) in [5.74, 6) is -1.80. The van der Waals surface area contributed by atoms with Gasteiger partial charge in [-0.2, -0.15) is 13.2 Å². The van der Waals surface area contributed by atoms with E-state index >= 15 is 0 Å². The van der Waals surface area contributed by atoms with Gasteiger partial charge in [0.05, 0.1) is 16.3 Å². The second-order valence-corrected chi connectivity index (χ2v) is 8.09. The molecule has 0 aliphatic rings. The molecule has 2 N–H and O–H groups in total.